The monoisotopic (exact) mass is 316 g/mol. The number of carbonyl (C=O) groups excluding carboxylic acids is 1. The summed E-state index contributed by atoms with van der Waals surface area (Å²) in [6.07, 6.45) is 1.64. The number of nitrogens with zero attached hydrogens (tertiary/aromatic N) is 3. The molecule has 1 N–H and O–H groups in total. The molecule has 0 aliphatic carbocycles. The fourth-order valence-corrected chi connectivity index (χ4v) is 2.83. The molecule has 2 aromatic heterocycles. The second-order valence-electron chi connectivity index (χ2n) is 5.85. The third kappa shape index (κ3) is 3.05. The van der Waals surface area contributed by atoms with E-state index in [0.29, 0.717) is 19.7 Å². The second kappa shape index (κ2) is 6.00. The van der Waals surface area contributed by atoms with Gasteiger partial charge in [0, 0.05) is 25.5 Å². The van der Waals surface area contributed by atoms with Crippen molar-refractivity contribution >= 4 is 5.91 Å². The molecule has 3 rings (SSSR count). The number of aryl methyl sites for hydroxylation is 3. The van der Waals surface area contributed by atoms with Crippen molar-refractivity contribution in [3.8, 4) is 0 Å². The molecule has 7 heteroatoms. The summed E-state index contributed by atoms with van der Waals surface area (Å²) >= 11 is 0. The van der Waals surface area contributed by atoms with E-state index in [4.69, 9.17) is 4.74 Å². The highest BCUT2D eigenvalue weighted by molar-refractivity contribution is 5.93. The van der Waals surface area contributed by atoms with E-state index in [9.17, 15) is 9.59 Å². The van der Waals surface area contributed by atoms with Crippen molar-refractivity contribution in [3.63, 3.8) is 0 Å². The Labute approximate surface area is 133 Å². The summed E-state index contributed by atoms with van der Waals surface area (Å²) in [6.45, 7) is 4.97. The largest absolute Gasteiger partial charge is 0.367 e. The van der Waals surface area contributed by atoms with Crippen molar-refractivity contribution < 1.29 is 9.53 Å². The molecule has 1 aliphatic rings. The number of ether oxygens (including phenoxy) is 1. The molecule has 1 saturated heterocycles. The molecule has 23 heavy (non-hydrogen) atoms. The number of carbonyl (C=O) groups is 1. The van der Waals surface area contributed by atoms with E-state index in [1.807, 2.05) is 24.7 Å². The van der Waals surface area contributed by atoms with Crippen molar-refractivity contribution in [1.29, 1.82) is 0 Å². The molecule has 0 bridgehead atoms. The van der Waals surface area contributed by atoms with Crippen LogP contribution in [0.2, 0.25) is 0 Å². The SMILES string of the molecule is Cc1cn(C)c([C@H]2CN(C(=O)c3ccc(C)[nH]c3=O)CCO2)n1. The van der Waals surface area contributed by atoms with E-state index < -0.39 is 0 Å². The maximum atomic E-state index is 12.6. The van der Waals surface area contributed by atoms with Crippen LogP contribution in [-0.4, -0.2) is 45.0 Å². The molecule has 1 amide bonds. The minimum absolute atomic E-state index is 0.160. The van der Waals surface area contributed by atoms with Gasteiger partial charge in [-0.15, -0.1) is 0 Å². The molecular weight excluding hydrogens is 296 g/mol. The van der Waals surface area contributed by atoms with Gasteiger partial charge in [0.05, 0.1) is 18.8 Å². The predicted octanol–water partition coefficient (Wildman–Crippen LogP) is 0.939. The first-order valence-corrected chi connectivity index (χ1v) is 7.56. The van der Waals surface area contributed by atoms with Gasteiger partial charge in [-0.25, -0.2) is 4.98 Å². The van der Waals surface area contributed by atoms with Crippen LogP contribution in [0.5, 0.6) is 0 Å². The normalized spacial score (nSPS) is 18.2. The fourth-order valence-electron chi connectivity index (χ4n) is 2.83. The van der Waals surface area contributed by atoms with Crippen LogP contribution in [0.4, 0.5) is 0 Å². The topological polar surface area (TPSA) is 80.2 Å². The lowest BCUT2D eigenvalue weighted by atomic mass is 10.2. The molecule has 122 valence electrons. The van der Waals surface area contributed by atoms with Gasteiger partial charge >= 0.3 is 0 Å². The lowest BCUT2D eigenvalue weighted by Gasteiger charge is -2.32. The standard InChI is InChI=1S/C16H20N4O3/c1-10-4-5-12(15(21)18-10)16(22)20-6-7-23-13(9-20)14-17-11(2)8-19(14)3/h4-5,8,13H,6-7,9H2,1-3H3,(H,18,21)/t13-/m1/s1. The van der Waals surface area contributed by atoms with Gasteiger partial charge in [-0.05, 0) is 26.0 Å². The zero-order valence-corrected chi connectivity index (χ0v) is 13.5. The summed E-state index contributed by atoms with van der Waals surface area (Å²) in [5.41, 5.74) is 1.44. The zero-order valence-electron chi connectivity index (χ0n) is 13.5. The third-order valence-electron chi connectivity index (χ3n) is 3.96. The summed E-state index contributed by atoms with van der Waals surface area (Å²) in [6, 6.07) is 3.31. The molecule has 7 nitrogen and oxygen atoms in total. The molecule has 0 radical (unpaired) electrons. The van der Waals surface area contributed by atoms with Crippen LogP contribution in [0.1, 0.15) is 33.7 Å². The Hall–Kier alpha value is -2.41. The van der Waals surface area contributed by atoms with Gasteiger partial charge in [-0.2, -0.15) is 0 Å². The Morgan fingerprint density at radius 1 is 1.39 bits per heavy atom. The first-order chi connectivity index (χ1) is 11.0. The Morgan fingerprint density at radius 3 is 2.83 bits per heavy atom. The van der Waals surface area contributed by atoms with Crippen LogP contribution in [-0.2, 0) is 11.8 Å². The number of imidazole rings is 1. The fraction of sp³-hybridized carbons (Fsp3) is 0.438. The van der Waals surface area contributed by atoms with Crippen LogP contribution in [0, 0.1) is 13.8 Å². The van der Waals surface area contributed by atoms with E-state index in [2.05, 4.69) is 9.97 Å². The van der Waals surface area contributed by atoms with Crippen molar-refractivity contribution in [1.82, 2.24) is 19.4 Å². The van der Waals surface area contributed by atoms with Gasteiger partial charge in [0.2, 0.25) is 0 Å². The number of aromatic amines is 1. The van der Waals surface area contributed by atoms with E-state index >= 15 is 0 Å². The lowest BCUT2D eigenvalue weighted by Crippen LogP contribution is -2.44. The maximum absolute atomic E-state index is 12.6. The Bertz CT molecular complexity index is 793. The minimum Gasteiger partial charge on any atom is -0.367 e. The lowest BCUT2D eigenvalue weighted by molar-refractivity contribution is -0.0280. The first-order valence-electron chi connectivity index (χ1n) is 7.56. The highest BCUT2D eigenvalue weighted by Crippen LogP contribution is 2.22. The van der Waals surface area contributed by atoms with Crippen molar-refractivity contribution in [3.05, 3.63) is 51.5 Å². The van der Waals surface area contributed by atoms with Crippen LogP contribution in [0.3, 0.4) is 0 Å². The molecule has 3 heterocycles. The summed E-state index contributed by atoms with van der Waals surface area (Å²) in [5.74, 6) is 0.517. The van der Waals surface area contributed by atoms with Gasteiger partial charge < -0.3 is 19.2 Å². The van der Waals surface area contributed by atoms with Gasteiger partial charge in [-0.1, -0.05) is 0 Å². The van der Waals surface area contributed by atoms with Crippen LogP contribution in [0.15, 0.2) is 23.1 Å². The third-order valence-corrected chi connectivity index (χ3v) is 3.96. The number of hydrogen-bond acceptors (Lipinski definition) is 4. The molecule has 1 fully saturated rings. The Morgan fingerprint density at radius 2 is 2.17 bits per heavy atom. The minimum atomic E-state index is -0.356. The van der Waals surface area contributed by atoms with Gasteiger partial charge in [0.1, 0.15) is 17.5 Å². The molecule has 1 aliphatic heterocycles. The highest BCUT2D eigenvalue weighted by Gasteiger charge is 2.29. The molecule has 0 saturated carbocycles. The predicted molar refractivity (Wildman–Crippen MR) is 84.3 cm³/mol. The molecule has 2 aromatic rings. The number of amides is 1. The number of aromatic nitrogens is 3. The number of rotatable bonds is 2. The summed E-state index contributed by atoms with van der Waals surface area (Å²) in [7, 11) is 1.91. The van der Waals surface area contributed by atoms with Crippen LogP contribution >= 0.6 is 0 Å². The van der Waals surface area contributed by atoms with E-state index in [1.54, 1.807) is 24.0 Å². The Balaban J connectivity index is 1.82. The van der Waals surface area contributed by atoms with Crippen molar-refractivity contribution in [2.75, 3.05) is 19.7 Å². The van der Waals surface area contributed by atoms with Crippen LogP contribution in [0.25, 0.3) is 0 Å². The summed E-state index contributed by atoms with van der Waals surface area (Å²) in [5, 5.41) is 0. The number of hydrogen-bond donors (Lipinski definition) is 1. The second-order valence-corrected chi connectivity index (χ2v) is 5.85. The van der Waals surface area contributed by atoms with E-state index in [0.717, 1.165) is 17.2 Å². The van der Waals surface area contributed by atoms with Crippen LogP contribution < -0.4 is 5.56 Å². The Kier molecular flexibility index (Phi) is 4.04. The average molecular weight is 316 g/mol. The molecule has 0 unspecified atom stereocenters. The van der Waals surface area contributed by atoms with Gasteiger partial charge in [0.15, 0.2) is 0 Å². The number of pyridine rings is 1. The van der Waals surface area contributed by atoms with Gasteiger partial charge in [-0.3, -0.25) is 9.59 Å². The zero-order chi connectivity index (χ0) is 16.6. The molecule has 0 aromatic carbocycles. The molecule has 0 spiro atoms. The highest BCUT2D eigenvalue weighted by atomic mass is 16.5. The van der Waals surface area contributed by atoms with E-state index in [1.165, 1.54) is 0 Å². The van der Waals surface area contributed by atoms with Crippen molar-refractivity contribution in [2.24, 2.45) is 7.05 Å². The van der Waals surface area contributed by atoms with Crippen molar-refractivity contribution in [2.45, 2.75) is 20.0 Å². The summed E-state index contributed by atoms with van der Waals surface area (Å²) < 4.78 is 7.67. The van der Waals surface area contributed by atoms with Gasteiger partial charge in [0.25, 0.3) is 11.5 Å². The number of H-pyrrole nitrogens is 1. The molecule has 1 atom stereocenters. The number of morpholine rings is 1. The quantitative estimate of drug-likeness (QED) is 0.894. The maximum Gasteiger partial charge on any atom is 0.260 e. The summed E-state index contributed by atoms with van der Waals surface area (Å²) in [4.78, 5) is 33.4. The molecular formula is C16H20N4O3. The number of nitrogens with one attached hydrogen (secondary N) is 1. The smallest absolute Gasteiger partial charge is 0.260 e. The van der Waals surface area contributed by atoms with E-state index in [-0.39, 0.29) is 23.1 Å². The first kappa shape index (κ1) is 15.5. The average Bonchev–Trinajstić information content (AvgIpc) is 2.85.